The molecule has 1 amide bonds. The van der Waals surface area contributed by atoms with E-state index in [0.29, 0.717) is 12.5 Å². The van der Waals surface area contributed by atoms with Gasteiger partial charge in [-0.25, -0.2) is 14.0 Å². The maximum atomic E-state index is 13.0. The number of carbonyl (C=O) groups excluding carboxylic acids is 1. The van der Waals surface area contributed by atoms with E-state index in [-0.39, 0.29) is 17.5 Å². The van der Waals surface area contributed by atoms with E-state index in [1.165, 1.54) is 24.1 Å². The molecule has 3 heterocycles. The highest BCUT2D eigenvalue weighted by atomic mass is 16.2. The molecule has 0 bridgehead atoms. The van der Waals surface area contributed by atoms with Crippen LogP contribution < -0.4 is 10.6 Å². The van der Waals surface area contributed by atoms with Crippen molar-refractivity contribution in [3.8, 4) is 16.8 Å². The summed E-state index contributed by atoms with van der Waals surface area (Å²) in [6, 6.07) is 16.8. The molecular formula is C27H31N5O2. The Kier molecular flexibility index (Phi) is 5.47. The number of likely N-dealkylation sites (tertiary alicyclic amines) is 1. The summed E-state index contributed by atoms with van der Waals surface area (Å²) in [6.07, 6.45) is 7.16. The van der Waals surface area contributed by atoms with Crippen LogP contribution in [0.25, 0.3) is 16.8 Å². The monoisotopic (exact) mass is 457 g/mol. The van der Waals surface area contributed by atoms with Gasteiger partial charge < -0.3 is 9.80 Å². The molecule has 1 saturated carbocycles. The predicted molar refractivity (Wildman–Crippen MR) is 132 cm³/mol. The van der Waals surface area contributed by atoms with Gasteiger partial charge in [0.15, 0.2) is 0 Å². The summed E-state index contributed by atoms with van der Waals surface area (Å²) < 4.78 is 3.14. The molecule has 3 aliphatic rings. The summed E-state index contributed by atoms with van der Waals surface area (Å²) in [4.78, 5) is 29.7. The van der Waals surface area contributed by atoms with Gasteiger partial charge in [-0.3, -0.25) is 4.79 Å². The van der Waals surface area contributed by atoms with Gasteiger partial charge in [-0.05, 0) is 73.4 Å². The Bertz CT molecular complexity index is 1220. The molecule has 6 rings (SSSR count). The number of amides is 1. The van der Waals surface area contributed by atoms with Gasteiger partial charge >= 0.3 is 5.69 Å². The molecule has 3 aromatic rings. The second kappa shape index (κ2) is 8.78. The molecule has 0 spiro atoms. The van der Waals surface area contributed by atoms with Gasteiger partial charge in [0.25, 0.3) is 0 Å². The van der Waals surface area contributed by atoms with Crippen molar-refractivity contribution in [3.63, 3.8) is 0 Å². The molecule has 1 aliphatic carbocycles. The van der Waals surface area contributed by atoms with Crippen LogP contribution in [0.3, 0.4) is 0 Å². The number of aromatic nitrogens is 3. The van der Waals surface area contributed by atoms with Crippen LogP contribution in [-0.4, -0.2) is 51.3 Å². The summed E-state index contributed by atoms with van der Waals surface area (Å²) in [7, 11) is 0. The number of benzene rings is 2. The molecule has 0 N–H and O–H groups in total. The minimum absolute atomic E-state index is 0.130. The quantitative estimate of drug-likeness (QED) is 0.568. The Hall–Kier alpha value is -3.35. The molecule has 176 valence electrons. The number of rotatable bonds is 6. The SMILES string of the molecule is O=C(C1CC1)N1CC[C@H](Cn2ncn(-c3ccc(-c4ccc(N5CCCC5)cc4)cc3)c2=O)C1. The Morgan fingerprint density at radius 2 is 1.50 bits per heavy atom. The average Bonchev–Trinajstić information content (AvgIpc) is 3.22. The third-order valence-corrected chi connectivity index (χ3v) is 7.51. The van der Waals surface area contributed by atoms with Crippen LogP contribution in [0.1, 0.15) is 32.1 Å². The van der Waals surface area contributed by atoms with Crippen LogP contribution in [-0.2, 0) is 11.3 Å². The van der Waals surface area contributed by atoms with Gasteiger partial charge in [0.2, 0.25) is 5.91 Å². The molecule has 34 heavy (non-hydrogen) atoms. The molecule has 3 fully saturated rings. The summed E-state index contributed by atoms with van der Waals surface area (Å²) in [5.74, 6) is 0.840. The van der Waals surface area contributed by atoms with E-state index >= 15 is 0 Å². The standard InChI is InChI=1S/C27H31N5O2/c33-26(23-3-4-23)30-16-13-20(17-30)18-32-27(34)31(19-28-32)25-11-7-22(8-12-25)21-5-9-24(10-6-21)29-14-1-2-15-29/h5-12,19-20,23H,1-4,13-18H2/t20-/m0/s1. The molecular weight excluding hydrogens is 426 g/mol. The third-order valence-electron chi connectivity index (χ3n) is 7.51. The van der Waals surface area contributed by atoms with E-state index in [1.54, 1.807) is 15.6 Å². The molecule has 7 nitrogen and oxygen atoms in total. The summed E-state index contributed by atoms with van der Waals surface area (Å²) in [5.41, 5.74) is 4.27. The Morgan fingerprint density at radius 3 is 2.15 bits per heavy atom. The van der Waals surface area contributed by atoms with E-state index < -0.39 is 0 Å². The number of hydrogen-bond acceptors (Lipinski definition) is 4. The first-order valence-electron chi connectivity index (χ1n) is 12.5. The second-order valence-electron chi connectivity index (χ2n) is 9.97. The molecule has 2 saturated heterocycles. The van der Waals surface area contributed by atoms with Crippen molar-refractivity contribution in [1.82, 2.24) is 19.2 Å². The lowest BCUT2D eigenvalue weighted by Crippen LogP contribution is -2.32. The minimum Gasteiger partial charge on any atom is -0.372 e. The van der Waals surface area contributed by atoms with Crippen LogP contribution >= 0.6 is 0 Å². The predicted octanol–water partition coefficient (Wildman–Crippen LogP) is 3.56. The van der Waals surface area contributed by atoms with Crippen molar-refractivity contribution in [2.75, 3.05) is 31.1 Å². The Morgan fingerprint density at radius 1 is 0.853 bits per heavy atom. The van der Waals surface area contributed by atoms with Crippen molar-refractivity contribution in [1.29, 1.82) is 0 Å². The lowest BCUT2D eigenvalue weighted by molar-refractivity contribution is -0.131. The van der Waals surface area contributed by atoms with E-state index in [4.69, 9.17) is 0 Å². The first kappa shape index (κ1) is 21.2. The highest BCUT2D eigenvalue weighted by Crippen LogP contribution is 2.33. The third kappa shape index (κ3) is 4.15. The molecule has 0 unspecified atom stereocenters. The van der Waals surface area contributed by atoms with Gasteiger partial charge in [-0.1, -0.05) is 24.3 Å². The molecule has 1 aromatic heterocycles. The summed E-state index contributed by atoms with van der Waals surface area (Å²) in [5, 5.41) is 4.36. The highest BCUT2D eigenvalue weighted by Gasteiger charge is 2.36. The average molecular weight is 458 g/mol. The fourth-order valence-corrected chi connectivity index (χ4v) is 5.31. The molecule has 7 heteroatoms. The maximum Gasteiger partial charge on any atom is 0.350 e. The molecule has 2 aromatic carbocycles. The van der Waals surface area contributed by atoms with E-state index in [1.807, 2.05) is 17.0 Å². The van der Waals surface area contributed by atoms with Gasteiger partial charge in [-0.15, -0.1) is 0 Å². The highest BCUT2D eigenvalue weighted by molar-refractivity contribution is 5.81. The largest absolute Gasteiger partial charge is 0.372 e. The minimum atomic E-state index is -0.130. The van der Waals surface area contributed by atoms with Gasteiger partial charge in [-0.2, -0.15) is 5.10 Å². The smallest absolute Gasteiger partial charge is 0.350 e. The number of hydrogen-bond donors (Lipinski definition) is 0. The zero-order valence-electron chi connectivity index (χ0n) is 19.5. The fraction of sp³-hybridized carbons (Fsp3) is 0.444. The van der Waals surface area contributed by atoms with Crippen molar-refractivity contribution in [2.24, 2.45) is 11.8 Å². The fourth-order valence-electron chi connectivity index (χ4n) is 5.31. The van der Waals surface area contributed by atoms with E-state index in [2.05, 4.69) is 46.4 Å². The molecule has 1 atom stereocenters. The lowest BCUT2D eigenvalue weighted by atomic mass is 10.0. The normalized spacial score (nSPS) is 20.3. The summed E-state index contributed by atoms with van der Waals surface area (Å²) >= 11 is 0. The van der Waals surface area contributed by atoms with Crippen LogP contribution in [0.4, 0.5) is 5.69 Å². The second-order valence-corrected chi connectivity index (χ2v) is 9.97. The topological polar surface area (TPSA) is 63.4 Å². The zero-order valence-corrected chi connectivity index (χ0v) is 19.5. The van der Waals surface area contributed by atoms with Crippen LogP contribution in [0, 0.1) is 11.8 Å². The van der Waals surface area contributed by atoms with Crippen LogP contribution in [0.2, 0.25) is 0 Å². The lowest BCUT2D eigenvalue weighted by Gasteiger charge is -2.17. The van der Waals surface area contributed by atoms with Crippen LogP contribution in [0.15, 0.2) is 59.7 Å². The molecule has 0 radical (unpaired) electrons. The van der Waals surface area contributed by atoms with Crippen molar-refractivity contribution in [3.05, 3.63) is 65.3 Å². The van der Waals surface area contributed by atoms with E-state index in [9.17, 15) is 9.59 Å². The van der Waals surface area contributed by atoms with Crippen molar-refractivity contribution >= 4 is 11.6 Å². The maximum absolute atomic E-state index is 13.0. The Balaban J connectivity index is 1.12. The number of carbonyl (C=O) groups is 1. The number of anilines is 1. The van der Waals surface area contributed by atoms with Gasteiger partial charge in [0.05, 0.1) is 12.2 Å². The Labute approximate surface area is 199 Å². The van der Waals surface area contributed by atoms with E-state index in [0.717, 1.165) is 56.7 Å². The first-order chi connectivity index (χ1) is 16.7. The van der Waals surface area contributed by atoms with Crippen LogP contribution in [0.5, 0.6) is 0 Å². The molecule has 2 aliphatic heterocycles. The van der Waals surface area contributed by atoms with Gasteiger partial charge in [0.1, 0.15) is 6.33 Å². The number of nitrogens with zero attached hydrogens (tertiary/aromatic N) is 5. The van der Waals surface area contributed by atoms with Crippen molar-refractivity contribution in [2.45, 2.75) is 38.6 Å². The van der Waals surface area contributed by atoms with Crippen molar-refractivity contribution < 1.29 is 4.79 Å². The summed E-state index contributed by atoms with van der Waals surface area (Å²) in [6.45, 7) is 4.39. The van der Waals surface area contributed by atoms with Gasteiger partial charge in [0, 0.05) is 37.8 Å². The zero-order chi connectivity index (χ0) is 23.1. The first-order valence-corrected chi connectivity index (χ1v) is 12.5.